The molecule has 5 heteroatoms. The molecule has 1 aromatic heterocycles. The minimum atomic E-state index is -0.922. The van der Waals surface area contributed by atoms with E-state index in [9.17, 15) is 14.7 Å². The molecule has 0 saturated heterocycles. The van der Waals surface area contributed by atoms with Crippen LogP contribution in [0.1, 0.15) is 59.2 Å². The fourth-order valence-electron chi connectivity index (χ4n) is 5.97. The van der Waals surface area contributed by atoms with Gasteiger partial charge < -0.3 is 14.4 Å². The zero-order chi connectivity index (χ0) is 25.7. The Morgan fingerprint density at radius 2 is 1.64 bits per heavy atom. The Bertz CT molecular complexity index is 1390. The number of hydrogen-bond donors (Lipinski definition) is 1. The number of carboxylic acid groups (broad SMARTS) is 1. The summed E-state index contributed by atoms with van der Waals surface area (Å²) in [5.74, 6) is 0.409. The highest BCUT2D eigenvalue weighted by molar-refractivity contribution is 5.96. The highest BCUT2D eigenvalue weighted by atomic mass is 16.4. The van der Waals surface area contributed by atoms with E-state index in [1.54, 1.807) is 12.1 Å². The van der Waals surface area contributed by atoms with Crippen molar-refractivity contribution in [1.29, 1.82) is 0 Å². The summed E-state index contributed by atoms with van der Waals surface area (Å²) < 4.78 is 5.95. The fourth-order valence-corrected chi connectivity index (χ4v) is 5.97. The van der Waals surface area contributed by atoms with Gasteiger partial charge in [0.1, 0.15) is 11.5 Å². The van der Waals surface area contributed by atoms with Crippen LogP contribution in [-0.4, -0.2) is 35.0 Å². The number of aromatic carboxylic acids is 1. The second-order valence-corrected chi connectivity index (χ2v) is 10.6. The molecule has 0 bridgehead atoms. The van der Waals surface area contributed by atoms with Gasteiger partial charge >= 0.3 is 5.97 Å². The van der Waals surface area contributed by atoms with Crippen molar-refractivity contribution < 1.29 is 19.1 Å². The Hall–Kier alpha value is -3.86. The monoisotopic (exact) mass is 481 g/mol. The summed E-state index contributed by atoms with van der Waals surface area (Å²) in [7, 11) is 0. The molecule has 1 atom stereocenters. The van der Waals surface area contributed by atoms with Gasteiger partial charge in [-0.2, -0.15) is 0 Å². The number of aryl methyl sites for hydroxylation is 1. The summed E-state index contributed by atoms with van der Waals surface area (Å²) in [5, 5.41) is 9.24. The molecule has 0 unspecified atom stereocenters. The maximum atomic E-state index is 13.6. The third-order valence-corrected chi connectivity index (χ3v) is 7.75. The lowest BCUT2D eigenvalue weighted by atomic mass is 9.58. The summed E-state index contributed by atoms with van der Waals surface area (Å²) in [6.45, 7) is 9.70. The first kappa shape index (κ1) is 23.9. The largest absolute Gasteiger partial charge is 0.478 e. The highest BCUT2D eigenvalue weighted by Gasteiger charge is 2.46. The Morgan fingerprint density at radius 3 is 2.31 bits per heavy atom. The number of amides is 1. The maximum absolute atomic E-state index is 13.6. The molecule has 1 N–H and O–H groups in total. The third-order valence-electron chi connectivity index (χ3n) is 7.75. The minimum Gasteiger partial charge on any atom is -0.478 e. The topological polar surface area (TPSA) is 70.8 Å². The van der Waals surface area contributed by atoms with Crippen LogP contribution in [0.3, 0.4) is 0 Å². The quantitative estimate of drug-likeness (QED) is 0.414. The van der Waals surface area contributed by atoms with Gasteiger partial charge in [0.2, 0.25) is 0 Å². The molecular formula is C31H31NO4. The van der Waals surface area contributed by atoms with Crippen molar-refractivity contribution in [1.82, 2.24) is 4.90 Å². The van der Waals surface area contributed by atoms with Crippen LogP contribution in [0, 0.1) is 17.8 Å². The zero-order valence-electron chi connectivity index (χ0n) is 21.2. The summed E-state index contributed by atoms with van der Waals surface area (Å²) in [6.07, 6.45) is 5.28. The zero-order valence-corrected chi connectivity index (χ0v) is 21.2. The molecule has 2 aliphatic rings. The van der Waals surface area contributed by atoms with Crippen molar-refractivity contribution in [2.75, 3.05) is 13.1 Å². The van der Waals surface area contributed by atoms with Crippen LogP contribution in [0.2, 0.25) is 0 Å². The van der Waals surface area contributed by atoms with Gasteiger partial charge in [-0.15, -0.1) is 0 Å². The molecule has 2 aromatic carbocycles. The Labute approximate surface area is 211 Å². The second kappa shape index (κ2) is 8.66. The molecule has 2 heterocycles. The van der Waals surface area contributed by atoms with E-state index in [1.807, 2.05) is 60.4 Å². The van der Waals surface area contributed by atoms with E-state index < -0.39 is 5.97 Å². The van der Waals surface area contributed by atoms with Crippen molar-refractivity contribution in [3.05, 3.63) is 101 Å². The van der Waals surface area contributed by atoms with Gasteiger partial charge in [-0.25, -0.2) is 4.79 Å². The number of allylic oxidation sites excluding steroid dienone is 2. The van der Waals surface area contributed by atoms with Gasteiger partial charge in [-0.05, 0) is 42.7 Å². The summed E-state index contributed by atoms with van der Waals surface area (Å²) in [5.41, 5.74) is 4.99. The number of rotatable bonds is 4. The van der Waals surface area contributed by atoms with Crippen molar-refractivity contribution in [3.8, 4) is 11.3 Å². The number of benzene rings is 2. The molecule has 0 radical (unpaired) electrons. The van der Waals surface area contributed by atoms with E-state index in [0.717, 1.165) is 17.5 Å². The predicted octanol–water partition coefficient (Wildman–Crippen LogP) is 6.86. The van der Waals surface area contributed by atoms with Crippen molar-refractivity contribution in [2.45, 2.75) is 34.1 Å². The van der Waals surface area contributed by atoms with E-state index in [0.29, 0.717) is 30.2 Å². The SMILES string of the molecule is Cc1oc(-c2ccccc2)cc1C(=O)N1CC=C2C(C)(C)C(c3ccc(C(=O)O)cc3)=CC[C@]2(C)C1. The first-order valence-corrected chi connectivity index (χ1v) is 12.3. The normalized spacial score (nSPS) is 20.8. The molecule has 1 amide bonds. The van der Waals surface area contributed by atoms with E-state index in [4.69, 9.17) is 4.42 Å². The lowest BCUT2D eigenvalue weighted by Crippen LogP contribution is -2.48. The van der Waals surface area contributed by atoms with Gasteiger partial charge in [0.15, 0.2) is 0 Å². The number of hydrogen-bond acceptors (Lipinski definition) is 3. The van der Waals surface area contributed by atoms with Crippen LogP contribution in [0.4, 0.5) is 0 Å². The van der Waals surface area contributed by atoms with Gasteiger partial charge in [0, 0.05) is 29.5 Å². The van der Waals surface area contributed by atoms with Crippen molar-refractivity contribution in [3.63, 3.8) is 0 Å². The molecule has 0 saturated carbocycles. The molecule has 5 nitrogen and oxygen atoms in total. The lowest BCUT2D eigenvalue weighted by molar-refractivity contribution is 0.0677. The number of nitrogens with zero attached hydrogens (tertiary/aromatic N) is 1. The van der Waals surface area contributed by atoms with Crippen molar-refractivity contribution in [2.24, 2.45) is 10.8 Å². The smallest absolute Gasteiger partial charge is 0.335 e. The molecule has 5 rings (SSSR count). The minimum absolute atomic E-state index is 0.00759. The molecule has 3 aromatic rings. The first-order chi connectivity index (χ1) is 17.1. The molecule has 36 heavy (non-hydrogen) atoms. The van der Waals surface area contributed by atoms with E-state index in [2.05, 4.69) is 32.9 Å². The number of carbonyl (C=O) groups excluding carboxylic acids is 1. The van der Waals surface area contributed by atoms with E-state index in [-0.39, 0.29) is 22.3 Å². The number of carboxylic acids is 1. The Morgan fingerprint density at radius 1 is 0.944 bits per heavy atom. The van der Waals surface area contributed by atoms with E-state index >= 15 is 0 Å². The Balaban J connectivity index is 1.41. The highest BCUT2D eigenvalue weighted by Crippen LogP contribution is 2.55. The molecule has 184 valence electrons. The van der Waals surface area contributed by atoms with Crippen molar-refractivity contribution >= 4 is 17.4 Å². The average Bonchev–Trinajstić information content (AvgIpc) is 3.25. The van der Waals surface area contributed by atoms with Crippen LogP contribution in [0.25, 0.3) is 16.9 Å². The molecule has 1 aliphatic heterocycles. The molecular weight excluding hydrogens is 450 g/mol. The summed E-state index contributed by atoms with van der Waals surface area (Å²) >= 11 is 0. The third kappa shape index (κ3) is 3.98. The number of carbonyl (C=O) groups is 2. The number of fused-ring (bicyclic) bond motifs is 1. The predicted molar refractivity (Wildman–Crippen MR) is 141 cm³/mol. The van der Waals surface area contributed by atoms with Gasteiger partial charge in [0.05, 0.1) is 11.1 Å². The molecule has 1 aliphatic carbocycles. The lowest BCUT2D eigenvalue weighted by Gasteiger charge is -2.50. The summed E-state index contributed by atoms with van der Waals surface area (Å²) in [6, 6.07) is 18.8. The second-order valence-electron chi connectivity index (χ2n) is 10.6. The van der Waals surface area contributed by atoms with Crippen LogP contribution in [0.15, 0.2) is 82.8 Å². The average molecular weight is 482 g/mol. The number of furan rings is 1. The standard InChI is InChI=1S/C31H31NO4/c1-20-24(18-26(36-20)22-8-6-5-7-9-22)28(33)32-17-15-27-30(2,3)25(14-16-31(27,4)19-32)21-10-12-23(13-11-21)29(34)35/h5-15,18H,16-17,19H2,1-4H3,(H,34,35)/t31-/m1/s1. The van der Waals surface area contributed by atoms with Crippen LogP contribution in [0.5, 0.6) is 0 Å². The maximum Gasteiger partial charge on any atom is 0.335 e. The summed E-state index contributed by atoms with van der Waals surface area (Å²) in [4.78, 5) is 26.8. The fraction of sp³-hybridized carbons (Fsp3) is 0.290. The van der Waals surface area contributed by atoms with Crippen LogP contribution < -0.4 is 0 Å². The van der Waals surface area contributed by atoms with Crippen LogP contribution in [-0.2, 0) is 0 Å². The van der Waals surface area contributed by atoms with E-state index in [1.165, 1.54) is 11.1 Å². The molecule has 0 fully saturated rings. The molecule has 0 spiro atoms. The first-order valence-electron chi connectivity index (χ1n) is 12.3. The van der Waals surface area contributed by atoms with Gasteiger partial charge in [-0.3, -0.25) is 4.79 Å². The van der Waals surface area contributed by atoms with Crippen LogP contribution >= 0.6 is 0 Å². The van der Waals surface area contributed by atoms with Gasteiger partial charge in [-0.1, -0.05) is 81.0 Å². The Kier molecular flexibility index (Phi) is 5.74. The van der Waals surface area contributed by atoms with Gasteiger partial charge in [0.25, 0.3) is 5.91 Å².